The lowest BCUT2D eigenvalue weighted by Gasteiger charge is -2.12. The number of nitrogens with one attached hydrogen (secondary N) is 1. The third kappa shape index (κ3) is 4.27. The summed E-state index contributed by atoms with van der Waals surface area (Å²) in [5.41, 5.74) is 1.91. The van der Waals surface area contributed by atoms with Gasteiger partial charge in [0.15, 0.2) is 5.78 Å². The molecule has 0 saturated heterocycles. The highest BCUT2D eigenvalue weighted by molar-refractivity contribution is 7.13. The predicted octanol–water partition coefficient (Wildman–Crippen LogP) is 3.58. The van der Waals surface area contributed by atoms with Crippen LogP contribution in [0.4, 0.5) is 0 Å². The van der Waals surface area contributed by atoms with Gasteiger partial charge in [0.05, 0.1) is 19.8 Å². The number of thiazole rings is 1. The number of nitrogens with zero attached hydrogens (tertiary/aromatic N) is 2. The Labute approximate surface area is 181 Å². The third-order valence-electron chi connectivity index (χ3n) is 4.49. The fourth-order valence-electron chi connectivity index (χ4n) is 2.81. The van der Waals surface area contributed by atoms with Crippen LogP contribution in [0.2, 0.25) is 0 Å². The van der Waals surface area contributed by atoms with Gasteiger partial charge in [-0.2, -0.15) is 5.10 Å². The Morgan fingerprint density at radius 3 is 2.57 bits per heavy atom. The number of carbonyl (C=O) groups excluding carboxylic acids is 1. The normalized spacial score (nSPS) is 13.2. The van der Waals surface area contributed by atoms with E-state index < -0.39 is 5.41 Å². The van der Waals surface area contributed by atoms with Crippen LogP contribution >= 0.6 is 22.7 Å². The Hall–Kier alpha value is -3.03. The maximum atomic E-state index is 12.5. The van der Waals surface area contributed by atoms with E-state index in [1.165, 1.54) is 17.4 Å². The molecule has 0 spiro atoms. The van der Waals surface area contributed by atoms with Gasteiger partial charge in [0.1, 0.15) is 5.69 Å². The zero-order valence-corrected chi connectivity index (χ0v) is 18.5. The van der Waals surface area contributed by atoms with E-state index in [-0.39, 0.29) is 11.3 Å². The SMILES string of the molecule is CC(C)(C)C(=O)C=c1[nH]c(=O)c(=Cc2cn(-c3ccccc3)nc2-c2cccs2)s1. The molecular formula is C23H21N3O2S2. The Morgan fingerprint density at radius 2 is 1.90 bits per heavy atom. The van der Waals surface area contributed by atoms with Gasteiger partial charge >= 0.3 is 0 Å². The van der Waals surface area contributed by atoms with Gasteiger partial charge in [-0.3, -0.25) is 9.59 Å². The Kier molecular flexibility index (Phi) is 5.40. The number of hydrogen-bond acceptors (Lipinski definition) is 5. The minimum atomic E-state index is -0.492. The van der Waals surface area contributed by atoms with Crippen molar-refractivity contribution in [2.75, 3.05) is 0 Å². The van der Waals surface area contributed by atoms with Crippen LogP contribution in [0.5, 0.6) is 0 Å². The summed E-state index contributed by atoms with van der Waals surface area (Å²) in [6, 6.07) is 13.8. The number of H-pyrrole nitrogens is 1. The van der Waals surface area contributed by atoms with Gasteiger partial charge in [0.25, 0.3) is 5.56 Å². The Morgan fingerprint density at radius 1 is 1.13 bits per heavy atom. The fourth-order valence-corrected chi connectivity index (χ4v) is 4.42. The van der Waals surface area contributed by atoms with Crippen molar-refractivity contribution >= 4 is 40.6 Å². The molecule has 1 N–H and O–H groups in total. The molecule has 152 valence electrons. The lowest BCUT2D eigenvalue weighted by atomic mass is 9.91. The highest BCUT2D eigenvalue weighted by atomic mass is 32.1. The number of para-hydroxylation sites is 1. The van der Waals surface area contributed by atoms with Crippen molar-refractivity contribution in [1.82, 2.24) is 14.8 Å². The molecule has 0 bridgehead atoms. The number of rotatable bonds is 4. The van der Waals surface area contributed by atoms with Gasteiger partial charge < -0.3 is 4.98 Å². The molecular weight excluding hydrogens is 414 g/mol. The summed E-state index contributed by atoms with van der Waals surface area (Å²) in [5.74, 6) is -0.0253. The van der Waals surface area contributed by atoms with E-state index >= 15 is 0 Å². The molecule has 0 unspecified atom stereocenters. The van der Waals surface area contributed by atoms with Crippen LogP contribution in [0.15, 0.2) is 58.8 Å². The van der Waals surface area contributed by atoms with Crippen LogP contribution in [0.3, 0.4) is 0 Å². The Bertz CT molecular complexity index is 1350. The summed E-state index contributed by atoms with van der Waals surface area (Å²) < 4.78 is 2.91. The largest absolute Gasteiger partial charge is 0.313 e. The topological polar surface area (TPSA) is 67.8 Å². The van der Waals surface area contributed by atoms with E-state index in [0.717, 1.165) is 21.8 Å². The third-order valence-corrected chi connectivity index (χ3v) is 6.33. The highest BCUT2D eigenvalue weighted by Gasteiger charge is 2.19. The molecule has 0 amide bonds. The van der Waals surface area contributed by atoms with Crippen molar-refractivity contribution in [2.45, 2.75) is 20.8 Å². The zero-order valence-electron chi connectivity index (χ0n) is 16.9. The van der Waals surface area contributed by atoms with Gasteiger partial charge in [-0.15, -0.1) is 22.7 Å². The number of Topliss-reactive ketones (excluding diaryl/α,β-unsaturated/α-hetero) is 1. The van der Waals surface area contributed by atoms with Gasteiger partial charge in [-0.05, 0) is 29.7 Å². The standard InChI is InChI=1S/C23H21N3O2S2/c1-23(2,3)19(27)13-20-24-22(28)18(30-20)12-15-14-26(16-8-5-4-6-9-16)25-21(15)17-10-7-11-29-17/h4-14H,1-3H3,(H,24,28). The van der Waals surface area contributed by atoms with Gasteiger partial charge in [0.2, 0.25) is 0 Å². The lowest BCUT2D eigenvalue weighted by molar-refractivity contribution is -0.119. The summed E-state index contributed by atoms with van der Waals surface area (Å²) in [6.45, 7) is 5.57. The van der Waals surface area contributed by atoms with Gasteiger partial charge in [-0.25, -0.2) is 4.68 Å². The molecule has 3 aromatic heterocycles. The number of carbonyl (C=O) groups is 1. The summed E-state index contributed by atoms with van der Waals surface area (Å²) in [7, 11) is 0. The van der Waals surface area contributed by atoms with Crippen molar-refractivity contribution < 1.29 is 4.79 Å². The van der Waals surface area contributed by atoms with E-state index in [2.05, 4.69) is 4.98 Å². The summed E-state index contributed by atoms with van der Waals surface area (Å²) in [6.07, 6.45) is 5.27. The van der Waals surface area contributed by atoms with E-state index in [1.807, 2.05) is 85.6 Å². The summed E-state index contributed by atoms with van der Waals surface area (Å²) in [5, 5.41) is 6.77. The van der Waals surface area contributed by atoms with Gasteiger partial charge in [-0.1, -0.05) is 45.0 Å². The second kappa shape index (κ2) is 8.01. The first-order valence-electron chi connectivity index (χ1n) is 9.47. The van der Waals surface area contributed by atoms with Crippen molar-refractivity contribution in [3.05, 3.63) is 79.2 Å². The van der Waals surface area contributed by atoms with Crippen molar-refractivity contribution in [1.29, 1.82) is 0 Å². The highest BCUT2D eigenvalue weighted by Crippen LogP contribution is 2.28. The molecule has 4 rings (SSSR count). The summed E-state index contributed by atoms with van der Waals surface area (Å²) >= 11 is 2.88. The average molecular weight is 436 g/mol. The smallest absolute Gasteiger partial charge is 0.266 e. The zero-order chi connectivity index (χ0) is 21.3. The number of aromatic nitrogens is 3. The lowest BCUT2D eigenvalue weighted by Crippen LogP contribution is -2.22. The molecule has 0 radical (unpaired) electrons. The number of ketones is 1. The van der Waals surface area contributed by atoms with E-state index in [1.54, 1.807) is 11.3 Å². The molecule has 0 aliphatic heterocycles. The molecule has 7 heteroatoms. The second-order valence-corrected chi connectivity index (χ2v) is 9.91. The minimum absolute atomic E-state index is 0.0253. The molecule has 0 aliphatic rings. The monoisotopic (exact) mass is 435 g/mol. The van der Waals surface area contributed by atoms with Crippen LogP contribution in [0.25, 0.3) is 28.4 Å². The Balaban J connectivity index is 1.84. The number of hydrogen-bond donors (Lipinski definition) is 1. The number of aromatic amines is 1. The molecule has 1 aromatic carbocycles. The molecule has 3 heterocycles. The molecule has 0 saturated carbocycles. The van der Waals surface area contributed by atoms with E-state index in [4.69, 9.17) is 5.10 Å². The van der Waals surface area contributed by atoms with Crippen LogP contribution in [0.1, 0.15) is 26.3 Å². The van der Waals surface area contributed by atoms with Crippen molar-refractivity contribution in [3.8, 4) is 16.3 Å². The number of thiophene rings is 1. The van der Waals surface area contributed by atoms with Gasteiger partial charge in [0, 0.05) is 23.3 Å². The first-order chi connectivity index (χ1) is 14.3. The molecule has 0 fully saturated rings. The first-order valence-corrected chi connectivity index (χ1v) is 11.2. The maximum Gasteiger partial charge on any atom is 0.266 e. The van der Waals surface area contributed by atoms with Crippen LogP contribution in [0, 0.1) is 5.41 Å². The molecule has 0 atom stereocenters. The molecule has 30 heavy (non-hydrogen) atoms. The molecule has 5 nitrogen and oxygen atoms in total. The summed E-state index contributed by atoms with van der Waals surface area (Å²) in [4.78, 5) is 28.6. The average Bonchev–Trinajstić information content (AvgIpc) is 3.43. The van der Waals surface area contributed by atoms with Crippen molar-refractivity contribution in [3.63, 3.8) is 0 Å². The van der Waals surface area contributed by atoms with Crippen LogP contribution in [-0.4, -0.2) is 20.5 Å². The second-order valence-electron chi connectivity index (χ2n) is 7.88. The quantitative estimate of drug-likeness (QED) is 0.533. The molecule has 4 aromatic rings. The fraction of sp³-hybridized carbons (Fsp3) is 0.174. The predicted molar refractivity (Wildman–Crippen MR) is 124 cm³/mol. The first kappa shape index (κ1) is 20.3. The van der Waals surface area contributed by atoms with Crippen molar-refractivity contribution in [2.24, 2.45) is 5.41 Å². The van der Waals surface area contributed by atoms with Crippen LogP contribution < -0.4 is 14.8 Å². The van der Waals surface area contributed by atoms with E-state index in [0.29, 0.717) is 9.20 Å². The minimum Gasteiger partial charge on any atom is -0.313 e. The molecule has 0 aliphatic carbocycles. The van der Waals surface area contributed by atoms with E-state index in [9.17, 15) is 9.59 Å². The van der Waals surface area contributed by atoms with Crippen LogP contribution in [-0.2, 0) is 4.79 Å². The number of benzene rings is 1. The maximum absolute atomic E-state index is 12.5.